The molecule has 7 nitrogen and oxygen atoms in total. The minimum atomic E-state index is -0.645. The Balaban J connectivity index is 1.61. The smallest absolute Gasteiger partial charge is 0.267 e. The van der Waals surface area contributed by atoms with Gasteiger partial charge in [0, 0.05) is 42.0 Å². The van der Waals surface area contributed by atoms with E-state index in [1.807, 2.05) is 0 Å². The van der Waals surface area contributed by atoms with Crippen molar-refractivity contribution in [2.45, 2.75) is 12.5 Å². The summed E-state index contributed by atoms with van der Waals surface area (Å²) in [5.41, 5.74) is 2.68. The third kappa shape index (κ3) is 5.01. The monoisotopic (exact) mass is 420 g/mol. The summed E-state index contributed by atoms with van der Waals surface area (Å²) < 4.78 is 0. The molecule has 2 amide bonds. The molecule has 1 atom stereocenters. The Morgan fingerprint density at radius 3 is 2.82 bits per heavy atom. The third-order valence-corrected chi connectivity index (χ3v) is 4.81. The molecular weight excluding hydrogens is 403 g/mol. The quantitative estimate of drug-likeness (QED) is 0.392. The third-order valence-electron chi connectivity index (χ3n) is 4.29. The van der Waals surface area contributed by atoms with Crippen LogP contribution in [0.4, 0.5) is 5.82 Å². The number of pyridine rings is 1. The molecule has 0 saturated carbocycles. The van der Waals surface area contributed by atoms with Crippen LogP contribution in [0.2, 0.25) is 10.0 Å². The normalized spacial score (nSPS) is 16.4. The Morgan fingerprint density at radius 2 is 2.11 bits per heavy atom. The van der Waals surface area contributed by atoms with E-state index >= 15 is 0 Å². The number of rotatable bonds is 5. The Morgan fingerprint density at radius 1 is 1.29 bits per heavy atom. The largest absolute Gasteiger partial charge is 0.364 e. The van der Waals surface area contributed by atoms with Crippen molar-refractivity contribution in [3.8, 4) is 0 Å². The fraction of sp³-hybridized carbons (Fsp3) is 0.211. The van der Waals surface area contributed by atoms with Crippen molar-refractivity contribution in [2.75, 3.05) is 18.4 Å². The van der Waals surface area contributed by atoms with E-state index in [0.717, 1.165) is 12.5 Å². The van der Waals surface area contributed by atoms with Crippen LogP contribution in [0, 0.1) is 0 Å². The lowest BCUT2D eigenvalue weighted by atomic mass is 10.2. The Labute approximate surface area is 171 Å². The molecule has 1 aromatic heterocycles. The summed E-state index contributed by atoms with van der Waals surface area (Å²) in [6, 6.07) is 8.57. The van der Waals surface area contributed by atoms with Gasteiger partial charge in [-0.3, -0.25) is 14.8 Å². The zero-order valence-corrected chi connectivity index (χ0v) is 16.2. The molecule has 1 aliphatic heterocycles. The van der Waals surface area contributed by atoms with Crippen molar-refractivity contribution in [2.24, 2.45) is 0 Å². The molecule has 3 rings (SSSR count). The number of nitrogens with one attached hydrogen (secondary N) is 2. The Kier molecular flexibility index (Phi) is 6.51. The second-order valence-electron chi connectivity index (χ2n) is 6.30. The van der Waals surface area contributed by atoms with Gasteiger partial charge in [0.2, 0.25) is 0 Å². The minimum Gasteiger partial charge on any atom is -0.364 e. The van der Waals surface area contributed by atoms with Gasteiger partial charge in [-0.1, -0.05) is 29.3 Å². The summed E-state index contributed by atoms with van der Waals surface area (Å²) in [5, 5.41) is 12.7. The first-order valence-corrected chi connectivity index (χ1v) is 9.31. The van der Waals surface area contributed by atoms with Crippen molar-refractivity contribution >= 4 is 46.9 Å². The number of aromatic nitrogens is 1. The van der Waals surface area contributed by atoms with Crippen LogP contribution in [0.1, 0.15) is 22.3 Å². The van der Waals surface area contributed by atoms with Gasteiger partial charge in [0.05, 0.1) is 5.02 Å². The summed E-state index contributed by atoms with van der Waals surface area (Å²) in [6.45, 7) is 1.15. The molecule has 1 aromatic carbocycles. The number of nitrogens with zero attached hydrogens (tertiary/aromatic N) is 2. The first-order chi connectivity index (χ1) is 13.5. The van der Waals surface area contributed by atoms with Gasteiger partial charge >= 0.3 is 0 Å². The molecule has 0 aliphatic carbocycles. The molecule has 28 heavy (non-hydrogen) atoms. The standard InChI is InChI=1S/C19H18Cl2N4O3/c20-14-3-1-2-13(9-14)19(27)25-7-6-15(11-25)23-18-16(21)8-12(10-22-18)4-5-17(26)24-28/h1-5,8-10,15,28H,6-7,11H2,(H,22,23)(H,24,26)/b5-4+/t15-/m1/s1. The highest BCUT2D eigenvalue weighted by molar-refractivity contribution is 6.33. The molecule has 1 saturated heterocycles. The molecule has 146 valence electrons. The Hall–Kier alpha value is -2.61. The van der Waals surface area contributed by atoms with Crippen LogP contribution in [-0.2, 0) is 4.79 Å². The van der Waals surface area contributed by atoms with Gasteiger partial charge in [0.25, 0.3) is 11.8 Å². The lowest BCUT2D eigenvalue weighted by Crippen LogP contribution is -2.31. The first kappa shape index (κ1) is 20.1. The van der Waals surface area contributed by atoms with Gasteiger partial charge < -0.3 is 10.2 Å². The van der Waals surface area contributed by atoms with E-state index < -0.39 is 5.91 Å². The molecule has 9 heteroatoms. The number of hydroxylamine groups is 1. The number of likely N-dealkylation sites (tertiary alicyclic amines) is 1. The Bertz CT molecular complexity index is 920. The summed E-state index contributed by atoms with van der Waals surface area (Å²) in [6.07, 6.45) is 4.97. The fourth-order valence-corrected chi connectivity index (χ4v) is 3.34. The number of hydrogen-bond acceptors (Lipinski definition) is 5. The first-order valence-electron chi connectivity index (χ1n) is 8.55. The fourth-order valence-electron chi connectivity index (χ4n) is 2.92. The molecule has 1 fully saturated rings. The molecular formula is C19H18Cl2N4O3. The van der Waals surface area contributed by atoms with E-state index in [2.05, 4.69) is 10.3 Å². The number of amides is 2. The molecule has 0 unspecified atom stereocenters. The molecule has 2 aromatic rings. The van der Waals surface area contributed by atoms with Crippen LogP contribution in [0.3, 0.4) is 0 Å². The summed E-state index contributed by atoms with van der Waals surface area (Å²) in [4.78, 5) is 29.7. The van der Waals surface area contributed by atoms with Gasteiger partial charge in [-0.25, -0.2) is 10.5 Å². The van der Waals surface area contributed by atoms with E-state index in [9.17, 15) is 9.59 Å². The lowest BCUT2D eigenvalue weighted by Gasteiger charge is -2.18. The molecule has 3 N–H and O–H groups in total. The van der Waals surface area contributed by atoms with Crippen LogP contribution < -0.4 is 10.8 Å². The number of halogens is 2. The van der Waals surface area contributed by atoms with E-state index in [4.69, 9.17) is 28.4 Å². The highest BCUT2D eigenvalue weighted by Gasteiger charge is 2.27. The maximum Gasteiger partial charge on any atom is 0.267 e. The number of carbonyl (C=O) groups excluding carboxylic acids is 2. The maximum absolute atomic E-state index is 12.6. The highest BCUT2D eigenvalue weighted by atomic mass is 35.5. The second-order valence-corrected chi connectivity index (χ2v) is 7.14. The van der Waals surface area contributed by atoms with Crippen LogP contribution in [0.5, 0.6) is 0 Å². The van der Waals surface area contributed by atoms with E-state index in [0.29, 0.717) is 40.1 Å². The SMILES string of the molecule is O=C(/C=C/c1cnc(N[C@@H]2CCN(C(=O)c3cccc(Cl)c3)C2)c(Cl)c1)NO. The zero-order valence-electron chi connectivity index (χ0n) is 14.7. The molecule has 0 spiro atoms. The van der Waals surface area contributed by atoms with Gasteiger partial charge in [-0.15, -0.1) is 0 Å². The number of anilines is 1. The van der Waals surface area contributed by atoms with Crippen molar-refractivity contribution < 1.29 is 14.8 Å². The van der Waals surface area contributed by atoms with Crippen molar-refractivity contribution in [1.29, 1.82) is 0 Å². The summed E-state index contributed by atoms with van der Waals surface area (Å²) >= 11 is 12.2. The van der Waals surface area contributed by atoms with Gasteiger partial charge in [0.1, 0.15) is 5.82 Å². The molecule has 2 heterocycles. The van der Waals surface area contributed by atoms with Crippen molar-refractivity contribution in [3.05, 3.63) is 63.8 Å². The van der Waals surface area contributed by atoms with Crippen LogP contribution in [-0.4, -0.2) is 46.0 Å². The van der Waals surface area contributed by atoms with Crippen molar-refractivity contribution in [1.82, 2.24) is 15.4 Å². The predicted octanol–water partition coefficient (Wildman–Crippen LogP) is 3.23. The second kappa shape index (κ2) is 9.05. The van der Waals surface area contributed by atoms with Crippen molar-refractivity contribution in [3.63, 3.8) is 0 Å². The topological polar surface area (TPSA) is 94.6 Å². The summed E-state index contributed by atoms with van der Waals surface area (Å²) in [5.74, 6) is -0.199. The number of carbonyl (C=O) groups is 2. The maximum atomic E-state index is 12.6. The van der Waals surface area contributed by atoms with E-state index in [1.54, 1.807) is 41.4 Å². The molecule has 0 bridgehead atoms. The van der Waals surface area contributed by atoms with Gasteiger partial charge in [0.15, 0.2) is 0 Å². The number of benzene rings is 1. The molecule has 0 radical (unpaired) electrons. The van der Waals surface area contributed by atoms with Gasteiger partial charge in [-0.2, -0.15) is 0 Å². The van der Waals surface area contributed by atoms with E-state index in [1.165, 1.54) is 11.6 Å². The lowest BCUT2D eigenvalue weighted by molar-refractivity contribution is -0.124. The molecule has 1 aliphatic rings. The number of hydrogen-bond donors (Lipinski definition) is 3. The zero-order chi connectivity index (χ0) is 20.1. The highest BCUT2D eigenvalue weighted by Crippen LogP contribution is 2.24. The average molecular weight is 421 g/mol. The van der Waals surface area contributed by atoms with E-state index in [-0.39, 0.29) is 11.9 Å². The summed E-state index contributed by atoms with van der Waals surface area (Å²) in [7, 11) is 0. The predicted molar refractivity (Wildman–Crippen MR) is 108 cm³/mol. The van der Waals surface area contributed by atoms with Crippen LogP contribution in [0.15, 0.2) is 42.6 Å². The van der Waals surface area contributed by atoms with Crippen LogP contribution >= 0.6 is 23.2 Å². The van der Waals surface area contributed by atoms with Gasteiger partial charge in [-0.05, 0) is 42.3 Å². The minimum absolute atomic E-state index is 0.0229. The van der Waals surface area contributed by atoms with Crippen LogP contribution in [0.25, 0.3) is 6.08 Å². The average Bonchev–Trinajstić information content (AvgIpc) is 3.16.